The molecule has 0 aliphatic rings. The molecular formula is C12H15N5. The van der Waals surface area contributed by atoms with Crippen LogP contribution in [0.4, 0.5) is 5.82 Å². The minimum atomic E-state index is 0.445. The molecule has 2 heterocycles. The zero-order chi connectivity index (χ0) is 12.1. The molecule has 5 heteroatoms. The molecule has 0 fully saturated rings. The average Bonchev–Trinajstić information content (AvgIpc) is 2.33. The fourth-order valence-corrected chi connectivity index (χ4v) is 1.55. The number of nitrogens with two attached hydrogens (primary N) is 1. The second kappa shape index (κ2) is 5.36. The molecule has 0 saturated heterocycles. The minimum Gasteiger partial charge on any atom is -0.382 e. The fraction of sp³-hybridized carbons (Fsp3) is 0.250. The predicted octanol–water partition coefficient (Wildman–Crippen LogP) is 1.09. The Balaban J connectivity index is 1.93. The Kier molecular flexibility index (Phi) is 3.62. The van der Waals surface area contributed by atoms with Crippen LogP contribution < -0.4 is 5.73 Å². The lowest BCUT2D eigenvalue weighted by Crippen LogP contribution is -2.18. The zero-order valence-corrected chi connectivity index (χ0v) is 9.74. The van der Waals surface area contributed by atoms with Gasteiger partial charge in [-0.2, -0.15) is 0 Å². The lowest BCUT2D eigenvalue weighted by atomic mass is 10.3. The van der Waals surface area contributed by atoms with E-state index in [2.05, 4.69) is 19.9 Å². The molecule has 0 bridgehead atoms. The highest BCUT2D eigenvalue weighted by molar-refractivity contribution is 5.22. The Morgan fingerprint density at radius 2 is 1.88 bits per heavy atom. The first kappa shape index (κ1) is 11.5. The third-order valence-electron chi connectivity index (χ3n) is 2.32. The van der Waals surface area contributed by atoms with Crippen LogP contribution in [0.1, 0.15) is 11.4 Å². The predicted molar refractivity (Wildman–Crippen MR) is 65.9 cm³/mol. The summed E-state index contributed by atoms with van der Waals surface area (Å²) in [7, 11) is 2.02. The SMILES string of the molecule is CN(Cc1ccccn1)Cc1cnc(N)cn1. The summed E-state index contributed by atoms with van der Waals surface area (Å²) in [5.74, 6) is 0.445. The first-order chi connectivity index (χ1) is 8.24. The van der Waals surface area contributed by atoms with E-state index in [1.807, 2.05) is 25.2 Å². The van der Waals surface area contributed by atoms with Crippen molar-refractivity contribution in [1.82, 2.24) is 19.9 Å². The lowest BCUT2D eigenvalue weighted by molar-refractivity contribution is 0.311. The fourth-order valence-electron chi connectivity index (χ4n) is 1.55. The number of hydrogen-bond acceptors (Lipinski definition) is 5. The monoisotopic (exact) mass is 229 g/mol. The van der Waals surface area contributed by atoms with E-state index >= 15 is 0 Å². The molecule has 0 aromatic carbocycles. The van der Waals surface area contributed by atoms with Crippen LogP contribution in [0, 0.1) is 0 Å². The molecule has 0 spiro atoms. The van der Waals surface area contributed by atoms with Crippen LogP contribution in [0.25, 0.3) is 0 Å². The molecule has 17 heavy (non-hydrogen) atoms. The van der Waals surface area contributed by atoms with Gasteiger partial charge in [0, 0.05) is 19.3 Å². The van der Waals surface area contributed by atoms with E-state index in [0.717, 1.165) is 24.5 Å². The van der Waals surface area contributed by atoms with Gasteiger partial charge in [-0.15, -0.1) is 0 Å². The number of hydrogen-bond donors (Lipinski definition) is 1. The molecular weight excluding hydrogens is 214 g/mol. The molecule has 0 amide bonds. The van der Waals surface area contributed by atoms with E-state index in [9.17, 15) is 0 Å². The highest BCUT2D eigenvalue weighted by atomic mass is 15.1. The molecule has 2 rings (SSSR count). The Morgan fingerprint density at radius 1 is 1.06 bits per heavy atom. The molecule has 0 atom stereocenters. The van der Waals surface area contributed by atoms with Crippen molar-refractivity contribution in [2.75, 3.05) is 12.8 Å². The summed E-state index contributed by atoms with van der Waals surface area (Å²) < 4.78 is 0. The summed E-state index contributed by atoms with van der Waals surface area (Å²) in [5, 5.41) is 0. The lowest BCUT2D eigenvalue weighted by Gasteiger charge is -2.15. The molecule has 2 aromatic heterocycles. The van der Waals surface area contributed by atoms with Gasteiger partial charge in [0.05, 0.1) is 23.8 Å². The highest BCUT2D eigenvalue weighted by Gasteiger charge is 2.03. The van der Waals surface area contributed by atoms with Gasteiger partial charge in [-0.25, -0.2) is 4.98 Å². The van der Waals surface area contributed by atoms with Crippen molar-refractivity contribution in [2.24, 2.45) is 0 Å². The number of pyridine rings is 1. The van der Waals surface area contributed by atoms with Crippen molar-refractivity contribution in [1.29, 1.82) is 0 Å². The maximum absolute atomic E-state index is 5.48. The molecule has 0 aliphatic carbocycles. The topological polar surface area (TPSA) is 67.9 Å². The molecule has 2 aromatic rings. The Bertz CT molecular complexity index is 454. The van der Waals surface area contributed by atoms with E-state index in [1.165, 1.54) is 0 Å². The summed E-state index contributed by atoms with van der Waals surface area (Å²) in [4.78, 5) is 14.6. The first-order valence-electron chi connectivity index (χ1n) is 5.39. The maximum atomic E-state index is 5.48. The number of anilines is 1. The van der Waals surface area contributed by atoms with Crippen molar-refractivity contribution in [3.8, 4) is 0 Å². The van der Waals surface area contributed by atoms with Gasteiger partial charge in [0.15, 0.2) is 0 Å². The van der Waals surface area contributed by atoms with Gasteiger partial charge < -0.3 is 5.73 Å². The largest absolute Gasteiger partial charge is 0.382 e. The second-order valence-electron chi connectivity index (χ2n) is 3.93. The van der Waals surface area contributed by atoms with Gasteiger partial charge in [-0.1, -0.05) is 6.07 Å². The Morgan fingerprint density at radius 3 is 2.53 bits per heavy atom. The number of nitrogen functional groups attached to an aromatic ring is 1. The smallest absolute Gasteiger partial charge is 0.141 e. The van der Waals surface area contributed by atoms with Crippen LogP contribution >= 0.6 is 0 Å². The minimum absolute atomic E-state index is 0.445. The third-order valence-corrected chi connectivity index (χ3v) is 2.32. The average molecular weight is 229 g/mol. The third kappa shape index (κ3) is 3.49. The van der Waals surface area contributed by atoms with Gasteiger partial charge in [-0.3, -0.25) is 14.9 Å². The van der Waals surface area contributed by atoms with Crippen LogP contribution in [0.3, 0.4) is 0 Å². The first-order valence-corrected chi connectivity index (χ1v) is 5.39. The molecule has 0 aliphatic heterocycles. The van der Waals surface area contributed by atoms with Crippen LogP contribution in [-0.4, -0.2) is 26.9 Å². The van der Waals surface area contributed by atoms with Crippen LogP contribution in [0.15, 0.2) is 36.8 Å². The Hall–Kier alpha value is -2.01. The van der Waals surface area contributed by atoms with Crippen molar-refractivity contribution in [2.45, 2.75) is 13.1 Å². The number of rotatable bonds is 4. The molecule has 2 N–H and O–H groups in total. The van der Waals surface area contributed by atoms with Crippen molar-refractivity contribution in [3.05, 3.63) is 48.2 Å². The second-order valence-corrected chi connectivity index (χ2v) is 3.93. The standard InChI is InChI=1S/C12H15N5/c1-17(8-10-4-2-3-5-14-10)9-11-6-16-12(13)7-15-11/h2-7H,8-9H2,1H3,(H2,13,16). The molecule has 0 unspecified atom stereocenters. The van der Waals surface area contributed by atoms with E-state index in [0.29, 0.717) is 5.82 Å². The molecule has 5 nitrogen and oxygen atoms in total. The summed E-state index contributed by atoms with van der Waals surface area (Å²) in [5.41, 5.74) is 7.42. The Labute approximate surface area is 100 Å². The van der Waals surface area contributed by atoms with Gasteiger partial charge >= 0.3 is 0 Å². The van der Waals surface area contributed by atoms with E-state index in [-0.39, 0.29) is 0 Å². The van der Waals surface area contributed by atoms with E-state index < -0.39 is 0 Å². The summed E-state index contributed by atoms with van der Waals surface area (Å²) in [6.45, 7) is 1.51. The quantitative estimate of drug-likeness (QED) is 0.849. The van der Waals surface area contributed by atoms with Crippen molar-refractivity contribution in [3.63, 3.8) is 0 Å². The van der Waals surface area contributed by atoms with Crippen molar-refractivity contribution >= 4 is 5.82 Å². The van der Waals surface area contributed by atoms with E-state index in [4.69, 9.17) is 5.73 Å². The summed E-state index contributed by atoms with van der Waals surface area (Å²) >= 11 is 0. The number of nitrogens with zero attached hydrogens (tertiary/aromatic N) is 4. The highest BCUT2D eigenvalue weighted by Crippen LogP contribution is 2.04. The zero-order valence-electron chi connectivity index (χ0n) is 9.74. The van der Waals surface area contributed by atoms with Gasteiger partial charge in [-0.05, 0) is 19.2 Å². The van der Waals surface area contributed by atoms with E-state index in [1.54, 1.807) is 18.6 Å². The molecule has 0 radical (unpaired) electrons. The maximum Gasteiger partial charge on any atom is 0.141 e. The van der Waals surface area contributed by atoms with Gasteiger partial charge in [0.1, 0.15) is 5.82 Å². The van der Waals surface area contributed by atoms with Crippen LogP contribution in [0.5, 0.6) is 0 Å². The normalized spacial score (nSPS) is 10.7. The van der Waals surface area contributed by atoms with Crippen molar-refractivity contribution < 1.29 is 0 Å². The summed E-state index contributed by atoms with van der Waals surface area (Å²) in [6.07, 6.45) is 5.07. The van der Waals surface area contributed by atoms with Crippen LogP contribution in [0.2, 0.25) is 0 Å². The summed E-state index contributed by atoms with van der Waals surface area (Å²) in [6, 6.07) is 5.90. The number of aromatic nitrogens is 3. The molecule has 88 valence electrons. The molecule has 0 saturated carbocycles. The van der Waals surface area contributed by atoms with Gasteiger partial charge in [0.25, 0.3) is 0 Å². The van der Waals surface area contributed by atoms with Gasteiger partial charge in [0.2, 0.25) is 0 Å². The van der Waals surface area contributed by atoms with Crippen LogP contribution in [-0.2, 0) is 13.1 Å².